The molecule has 0 unspecified atom stereocenters. The molecule has 0 saturated carbocycles. The van der Waals surface area contributed by atoms with E-state index in [1.807, 2.05) is 31.2 Å². The molecule has 3 aromatic rings. The molecule has 2 heterocycles. The smallest absolute Gasteiger partial charge is 0.256 e. The molecule has 8 heteroatoms. The van der Waals surface area contributed by atoms with Crippen LogP contribution in [0.2, 0.25) is 0 Å². The highest BCUT2D eigenvalue weighted by molar-refractivity contribution is 5.83. The Labute approximate surface area is 143 Å². The molecule has 1 aromatic carbocycles. The molecule has 2 N–H and O–H groups in total. The molecule has 0 amide bonds. The van der Waals surface area contributed by atoms with Gasteiger partial charge < -0.3 is 4.74 Å². The molecule has 2 aromatic heterocycles. The van der Waals surface area contributed by atoms with Crippen molar-refractivity contribution in [3.8, 4) is 11.8 Å². The maximum absolute atomic E-state index is 12.0. The zero-order chi connectivity index (χ0) is 18.0. The summed E-state index contributed by atoms with van der Waals surface area (Å²) in [5.74, 6) is 1.29. The number of nitrogens with zero attached hydrogens (tertiary/aromatic N) is 4. The third-order valence-corrected chi connectivity index (χ3v) is 3.80. The maximum Gasteiger partial charge on any atom is 0.256 e. The Kier molecular flexibility index (Phi) is 4.31. The molecule has 126 valence electrons. The number of aryl methyl sites for hydroxylation is 2. The summed E-state index contributed by atoms with van der Waals surface area (Å²) >= 11 is 0. The van der Waals surface area contributed by atoms with E-state index in [4.69, 9.17) is 10.00 Å². The number of benzene rings is 1. The minimum Gasteiger partial charge on any atom is -0.497 e. The van der Waals surface area contributed by atoms with E-state index in [9.17, 15) is 4.79 Å². The summed E-state index contributed by atoms with van der Waals surface area (Å²) in [6.45, 7) is 3.55. The highest BCUT2D eigenvalue weighted by Crippen LogP contribution is 2.23. The van der Waals surface area contributed by atoms with Gasteiger partial charge in [0, 0.05) is 5.39 Å². The zero-order valence-electron chi connectivity index (χ0n) is 14.0. The Balaban J connectivity index is 1.98. The van der Waals surface area contributed by atoms with Crippen molar-refractivity contribution in [3.05, 3.63) is 45.5 Å². The molecular weight excluding hydrogens is 320 g/mol. The Morgan fingerprint density at radius 2 is 2.04 bits per heavy atom. The lowest BCUT2D eigenvalue weighted by Gasteiger charge is -2.09. The van der Waals surface area contributed by atoms with Crippen LogP contribution in [0.25, 0.3) is 10.9 Å². The van der Waals surface area contributed by atoms with Gasteiger partial charge in [-0.05, 0) is 32.0 Å². The fraction of sp³-hybridized carbons (Fsp3) is 0.235. The van der Waals surface area contributed by atoms with Crippen molar-refractivity contribution < 1.29 is 4.74 Å². The first-order valence-electron chi connectivity index (χ1n) is 7.58. The van der Waals surface area contributed by atoms with Crippen LogP contribution in [0.1, 0.15) is 17.0 Å². The molecule has 25 heavy (non-hydrogen) atoms. The molecule has 0 aliphatic heterocycles. The van der Waals surface area contributed by atoms with E-state index in [0.717, 1.165) is 22.3 Å². The van der Waals surface area contributed by atoms with Crippen molar-refractivity contribution in [3.63, 3.8) is 0 Å². The summed E-state index contributed by atoms with van der Waals surface area (Å²) in [6, 6.07) is 7.48. The lowest BCUT2D eigenvalue weighted by molar-refractivity contribution is 0.415. The predicted molar refractivity (Wildman–Crippen MR) is 93.0 cm³/mol. The number of nitrogens with one attached hydrogen (secondary N) is 2. The highest BCUT2D eigenvalue weighted by atomic mass is 16.5. The average molecular weight is 336 g/mol. The number of methoxy groups -OCH3 is 1. The summed E-state index contributed by atoms with van der Waals surface area (Å²) in [5.41, 5.74) is 2.02. The molecule has 0 bridgehead atoms. The van der Waals surface area contributed by atoms with Crippen LogP contribution < -0.4 is 15.6 Å². The fourth-order valence-electron chi connectivity index (χ4n) is 2.51. The average Bonchev–Trinajstić information content (AvgIpc) is 2.58. The van der Waals surface area contributed by atoms with Crippen molar-refractivity contribution in [2.45, 2.75) is 20.3 Å². The van der Waals surface area contributed by atoms with Crippen LogP contribution in [-0.4, -0.2) is 27.0 Å². The van der Waals surface area contributed by atoms with Gasteiger partial charge in [-0.25, -0.2) is 15.0 Å². The molecular formula is C17H16N6O2. The van der Waals surface area contributed by atoms with Crippen LogP contribution in [0.4, 0.5) is 11.9 Å². The fourth-order valence-corrected chi connectivity index (χ4v) is 2.51. The molecule has 0 aliphatic rings. The van der Waals surface area contributed by atoms with E-state index in [-0.39, 0.29) is 17.9 Å². The van der Waals surface area contributed by atoms with Crippen molar-refractivity contribution in [1.29, 1.82) is 5.26 Å². The summed E-state index contributed by atoms with van der Waals surface area (Å²) in [5, 5.41) is 12.6. The van der Waals surface area contributed by atoms with Crippen LogP contribution in [0.15, 0.2) is 23.0 Å². The van der Waals surface area contributed by atoms with E-state index >= 15 is 0 Å². The third-order valence-electron chi connectivity index (χ3n) is 3.80. The Hall–Kier alpha value is -3.47. The van der Waals surface area contributed by atoms with Gasteiger partial charge in [-0.3, -0.25) is 15.1 Å². The Morgan fingerprint density at radius 1 is 1.24 bits per heavy atom. The summed E-state index contributed by atoms with van der Waals surface area (Å²) in [4.78, 5) is 27.8. The van der Waals surface area contributed by atoms with Gasteiger partial charge in [-0.2, -0.15) is 5.26 Å². The quantitative estimate of drug-likeness (QED) is 0.749. The second-order valence-electron chi connectivity index (χ2n) is 5.45. The standard InChI is InChI=1S/C17H16N6O2/c1-9-12(6-7-18)15(24)22-17(19-9)23-16-20-10(2)13-8-11(25-3)4-5-14(13)21-16/h4-5,8H,6H2,1-3H3,(H2,19,20,21,22,23,24). The number of hydrogen-bond acceptors (Lipinski definition) is 7. The number of aromatic nitrogens is 4. The van der Waals surface area contributed by atoms with Gasteiger partial charge in [-0.15, -0.1) is 0 Å². The number of hydrogen-bond donors (Lipinski definition) is 2. The van der Waals surface area contributed by atoms with Gasteiger partial charge in [0.05, 0.1) is 42.1 Å². The number of ether oxygens (including phenoxy) is 1. The first-order valence-corrected chi connectivity index (χ1v) is 7.58. The normalized spacial score (nSPS) is 10.5. The monoisotopic (exact) mass is 336 g/mol. The third kappa shape index (κ3) is 3.26. The van der Waals surface area contributed by atoms with Crippen LogP contribution in [0, 0.1) is 25.2 Å². The molecule has 0 spiro atoms. The van der Waals surface area contributed by atoms with E-state index in [1.54, 1.807) is 14.0 Å². The predicted octanol–water partition coefficient (Wildman–Crippen LogP) is 2.15. The van der Waals surface area contributed by atoms with Crippen molar-refractivity contribution in [1.82, 2.24) is 19.9 Å². The van der Waals surface area contributed by atoms with E-state index in [0.29, 0.717) is 17.2 Å². The molecule has 0 atom stereocenters. The first kappa shape index (κ1) is 16.4. The summed E-state index contributed by atoms with van der Waals surface area (Å²) in [7, 11) is 1.60. The van der Waals surface area contributed by atoms with E-state index in [2.05, 4.69) is 25.3 Å². The van der Waals surface area contributed by atoms with Gasteiger partial charge in [0.2, 0.25) is 11.9 Å². The second kappa shape index (κ2) is 6.57. The van der Waals surface area contributed by atoms with Gasteiger partial charge >= 0.3 is 0 Å². The number of fused-ring (bicyclic) bond motifs is 1. The lowest BCUT2D eigenvalue weighted by atomic mass is 10.2. The van der Waals surface area contributed by atoms with E-state index < -0.39 is 0 Å². The summed E-state index contributed by atoms with van der Waals surface area (Å²) in [6.07, 6.45) is 0.0157. The highest BCUT2D eigenvalue weighted by Gasteiger charge is 2.10. The van der Waals surface area contributed by atoms with Crippen molar-refractivity contribution in [2.24, 2.45) is 0 Å². The SMILES string of the molecule is COc1ccc2nc(Nc3nc(C)c(CC#N)c(=O)[nH]3)nc(C)c2c1. The first-order chi connectivity index (χ1) is 12.0. The number of aromatic amines is 1. The number of rotatable bonds is 4. The van der Waals surface area contributed by atoms with Crippen LogP contribution >= 0.6 is 0 Å². The topological polar surface area (TPSA) is 117 Å². The lowest BCUT2D eigenvalue weighted by Crippen LogP contribution is -2.18. The molecule has 8 nitrogen and oxygen atoms in total. The number of H-pyrrole nitrogens is 1. The van der Waals surface area contributed by atoms with Gasteiger partial charge in [0.25, 0.3) is 5.56 Å². The van der Waals surface area contributed by atoms with Gasteiger partial charge in [-0.1, -0.05) is 0 Å². The van der Waals surface area contributed by atoms with Crippen LogP contribution in [0.5, 0.6) is 5.75 Å². The molecule has 0 fully saturated rings. The Bertz CT molecular complexity index is 1050. The van der Waals surface area contributed by atoms with E-state index in [1.165, 1.54) is 0 Å². The number of anilines is 2. The van der Waals surface area contributed by atoms with Crippen LogP contribution in [-0.2, 0) is 6.42 Å². The minimum atomic E-state index is -0.348. The van der Waals surface area contributed by atoms with Gasteiger partial charge in [0.15, 0.2) is 0 Å². The Morgan fingerprint density at radius 3 is 2.72 bits per heavy atom. The largest absolute Gasteiger partial charge is 0.497 e. The zero-order valence-corrected chi connectivity index (χ0v) is 14.0. The van der Waals surface area contributed by atoms with Crippen molar-refractivity contribution in [2.75, 3.05) is 12.4 Å². The number of nitriles is 1. The molecule has 0 radical (unpaired) electrons. The second-order valence-corrected chi connectivity index (χ2v) is 5.45. The van der Waals surface area contributed by atoms with Gasteiger partial charge in [0.1, 0.15) is 5.75 Å². The maximum atomic E-state index is 12.0. The van der Waals surface area contributed by atoms with Crippen molar-refractivity contribution >= 4 is 22.8 Å². The van der Waals surface area contributed by atoms with Crippen LogP contribution in [0.3, 0.4) is 0 Å². The summed E-state index contributed by atoms with van der Waals surface area (Å²) < 4.78 is 5.22. The minimum absolute atomic E-state index is 0.0157. The molecule has 0 saturated heterocycles. The molecule has 0 aliphatic carbocycles. The molecule has 3 rings (SSSR count).